The van der Waals surface area contributed by atoms with Gasteiger partial charge < -0.3 is 14.6 Å². The highest BCUT2D eigenvalue weighted by molar-refractivity contribution is 7.92. The van der Waals surface area contributed by atoms with Crippen molar-refractivity contribution >= 4 is 32.4 Å². The average Bonchev–Trinajstić information content (AvgIpc) is 3.08. The predicted molar refractivity (Wildman–Crippen MR) is 98.5 cm³/mol. The molecule has 0 bridgehead atoms. The summed E-state index contributed by atoms with van der Waals surface area (Å²) in [5.41, 5.74) is 2.16. The Labute approximate surface area is 146 Å². The standard InChI is InChI=1S/C18H19N3O3S/c22-25(23,18-13-14-3-1-2-4-17(14)24-18)20-15-5-7-16(8-6-15)21-11-9-19-10-12-21/h1-8,13,19-20H,9-12H2. The van der Waals surface area contributed by atoms with Crippen LogP contribution in [0.2, 0.25) is 0 Å². The third-order valence-electron chi connectivity index (χ3n) is 4.27. The van der Waals surface area contributed by atoms with E-state index < -0.39 is 10.0 Å². The number of anilines is 2. The molecule has 2 heterocycles. The molecule has 0 spiro atoms. The van der Waals surface area contributed by atoms with E-state index in [9.17, 15) is 8.42 Å². The fourth-order valence-corrected chi connectivity index (χ4v) is 3.99. The predicted octanol–water partition coefficient (Wildman–Crippen LogP) is 2.64. The number of fused-ring (bicyclic) bond motifs is 1. The largest absolute Gasteiger partial charge is 0.443 e. The Hall–Kier alpha value is -2.51. The van der Waals surface area contributed by atoms with Crippen molar-refractivity contribution in [3.05, 3.63) is 54.6 Å². The number of nitrogens with zero attached hydrogens (tertiary/aromatic N) is 1. The van der Waals surface area contributed by atoms with Gasteiger partial charge in [-0.05, 0) is 30.3 Å². The van der Waals surface area contributed by atoms with Crippen molar-refractivity contribution in [1.29, 1.82) is 0 Å². The Morgan fingerprint density at radius 3 is 2.44 bits per heavy atom. The van der Waals surface area contributed by atoms with Crippen LogP contribution in [0.15, 0.2) is 64.1 Å². The van der Waals surface area contributed by atoms with E-state index in [-0.39, 0.29) is 5.09 Å². The molecule has 0 radical (unpaired) electrons. The lowest BCUT2D eigenvalue weighted by atomic mass is 10.2. The van der Waals surface area contributed by atoms with Crippen LogP contribution in [0.3, 0.4) is 0 Å². The molecule has 0 amide bonds. The van der Waals surface area contributed by atoms with E-state index in [2.05, 4.69) is 14.9 Å². The molecule has 4 rings (SSSR count). The summed E-state index contributed by atoms with van der Waals surface area (Å²) < 4.78 is 33.1. The van der Waals surface area contributed by atoms with Crippen molar-refractivity contribution in [3.63, 3.8) is 0 Å². The number of benzene rings is 2. The van der Waals surface area contributed by atoms with Gasteiger partial charge in [0.25, 0.3) is 10.0 Å². The molecule has 0 unspecified atom stereocenters. The Kier molecular flexibility index (Phi) is 4.10. The molecule has 2 N–H and O–H groups in total. The highest BCUT2D eigenvalue weighted by atomic mass is 32.2. The first-order chi connectivity index (χ1) is 12.1. The van der Waals surface area contributed by atoms with Crippen LogP contribution in [0.1, 0.15) is 0 Å². The molecule has 1 aliphatic rings. The third kappa shape index (κ3) is 3.33. The van der Waals surface area contributed by atoms with Gasteiger partial charge in [-0.15, -0.1) is 0 Å². The topological polar surface area (TPSA) is 74.6 Å². The number of furan rings is 1. The van der Waals surface area contributed by atoms with Gasteiger partial charge in [0.15, 0.2) is 0 Å². The Balaban J connectivity index is 1.54. The van der Waals surface area contributed by atoms with Crippen LogP contribution in [0.4, 0.5) is 11.4 Å². The van der Waals surface area contributed by atoms with Gasteiger partial charge in [0.05, 0.1) is 0 Å². The molecule has 1 aromatic heterocycles. The zero-order chi connectivity index (χ0) is 17.3. The number of hydrogen-bond donors (Lipinski definition) is 2. The molecule has 25 heavy (non-hydrogen) atoms. The Bertz CT molecular complexity index is 941. The second-order valence-corrected chi connectivity index (χ2v) is 7.61. The lowest BCUT2D eigenvalue weighted by molar-refractivity contribution is 0.484. The maximum absolute atomic E-state index is 12.5. The monoisotopic (exact) mass is 357 g/mol. The van der Waals surface area contributed by atoms with E-state index in [0.717, 1.165) is 37.3 Å². The smallest absolute Gasteiger partial charge is 0.295 e. The van der Waals surface area contributed by atoms with Crippen molar-refractivity contribution in [2.75, 3.05) is 35.8 Å². The summed E-state index contributed by atoms with van der Waals surface area (Å²) in [6.45, 7) is 3.81. The van der Waals surface area contributed by atoms with Crippen molar-refractivity contribution < 1.29 is 12.8 Å². The Morgan fingerprint density at radius 2 is 1.72 bits per heavy atom. The van der Waals surface area contributed by atoms with E-state index >= 15 is 0 Å². The van der Waals surface area contributed by atoms with Crippen LogP contribution in [-0.4, -0.2) is 34.6 Å². The highest BCUT2D eigenvalue weighted by Crippen LogP contribution is 2.25. The lowest BCUT2D eigenvalue weighted by Crippen LogP contribution is -2.43. The second kappa shape index (κ2) is 6.42. The van der Waals surface area contributed by atoms with Crippen LogP contribution >= 0.6 is 0 Å². The van der Waals surface area contributed by atoms with E-state index in [1.165, 1.54) is 6.07 Å². The molecule has 1 saturated heterocycles. The quantitative estimate of drug-likeness (QED) is 0.751. The average molecular weight is 357 g/mol. The van der Waals surface area contributed by atoms with Crippen molar-refractivity contribution in [1.82, 2.24) is 5.32 Å². The molecule has 6 nitrogen and oxygen atoms in total. The van der Waals surface area contributed by atoms with Gasteiger partial charge in [0.2, 0.25) is 5.09 Å². The van der Waals surface area contributed by atoms with Gasteiger partial charge in [-0.1, -0.05) is 18.2 Å². The van der Waals surface area contributed by atoms with Gasteiger partial charge in [-0.3, -0.25) is 4.72 Å². The molecule has 1 aliphatic heterocycles. The van der Waals surface area contributed by atoms with Crippen LogP contribution in [-0.2, 0) is 10.0 Å². The first kappa shape index (κ1) is 16.0. The number of hydrogen-bond acceptors (Lipinski definition) is 5. The molecule has 0 aliphatic carbocycles. The van der Waals surface area contributed by atoms with Crippen LogP contribution in [0, 0.1) is 0 Å². The first-order valence-corrected chi connectivity index (χ1v) is 9.67. The number of nitrogens with one attached hydrogen (secondary N) is 2. The zero-order valence-corrected chi connectivity index (χ0v) is 14.4. The lowest BCUT2D eigenvalue weighted by Gasteiger charge is -2.29. The minimum Gasteiger partial charge on any atom is -0.443 e. The summed E-state index contributed by atoms with van der Waals surface area (Å²) >= 11 is 0. The van der Waals surface area contributed by atoms with E-state index in [1.54, 1.807) is 18.2 Å². The maximum atomic E-state index is 12.5. The molecule has 0 saturated carbocycles. The third-order valence-corrected chi connectivity index (χ3v) is 5.50. The molecule has 3 aromatic rings. The molecule has 130 valence electrons. The molecule has 7 heteroatoms. The minimum absolute atomic E-state index is 0.0834. The number of piperazine rings is 1. The summed E-state index contributed by atoms with van der Waals surface area (Å²) in [6.07, 6.45) is 0. The van der Waals surface area contributed by atoms with Crippen molar-refractivity contribution in [3.8, 4) is 0 Å². The molecule has 2 aromatic carbocycles. The van der Waals surface area contributed by atoms with Crippen LogP contribution in [0.25, 0.3) is 11.0 Å². The number of rotatable bonds is 4. The highest BCUT2D eigenvalue weighted by Gasteiger charge is 2.20. The molecule has 1 fully saturated rings. The van der Waals surface area contributed by atoms with Gasteiger partial charge in [0, 0.05) is 49.0 Å². The zero-order valence-electron chi connectivity index (χ0n) is 13.6. The van der Waals surface area contributed by atoms with Crippen molar-refractivity contribution in [2.45, 2.75) is 5.09 Å². The number of sulfonamides is 1. The van der Waals surface area contributed by atoms with Crippen LogP contribution in [0.5, 0.6) is 0 Å². The minimum atomic E-state index is -3.75. The fourth-order valence-electron chi connectivity index (χ4n) is 2.96. The van der Waals surface area contributed by atoms with Gasteiger partial charge in [0.1, 0.15) is 5.58 Å². The van der Waals surface area contributed by atoms with E-state index in [0.29, 0.717) is 11.3 Å². The van der Waals surface area contributed by atoms with Crippen molar-refractivity contribution in [2.24, 2.45) is 0 Å². The molecule has 0 atom stereocenters. The van der Waals surface area contributed by atoms with E-state index in [1.807, 2.05) is 30.3 Å². The Morgan fingerprint density at radius 1 is 1.00 bits per heavy atom. The summed E-state index contributed by atoms with van der Waals surface area (Å²) in [7, 11) is -3.75. The first-order valence-electron chi connectivity index (χ1n) is 8.19. The summed E-state index contributed by atoms with van der Waals surface area (Å²) in [6, 6.07) is 16.2. The molecular formula is C18H19N3O3S. The summed E-state index contributed by atoms with van der Waals surface area (Å²) in [5, 5.41) is 3.99. The van der Waals surface area contributed by atoms with Crippen LogP contribution < -0.4 is 14.9 Å². The van der Waals surface area contributed by atoms with E-state index in [4.69, 9.17) is 4.42 Å². The second-order valence-electron chi connectivity index (χ2n) is 5.99. The molecular weight excluding hydrogens is 338 g/mol. The summed E-state index contributed by atoms with van der Waals surface area (Å²) in [4.78, 5) is 2.27. The summed E-state index contributed by atoms with van der Waals surface area (Å²) in [5.74, 6) is 0. The van der Waals surface area contributed by atoms with Gasteiger partial charge >= 0.3 is 0 Å². The van der Waals surface area contributed by atoms with Gasteiger partial charge in [-0.25, -0.2) is 0 Å². The number of para-hydroxylation sites is 1. The SMILES string of the molecule is O=S(=O)(Nc1ccc(N2CCNCC2)cc1)c1cc2ccccc2o1. The van der Waals surface area contributed by atoms with Gasteiger partial charge in [-0.2, -0.15) is 8.42 Å². The fraction of sp³-hybridized carbons (Fsp3) is 0.222. The normalized spacial score (nSPS) is 15.4. The maximum Gasteiger partial charge on any atom is 0.295 e.